The number of sulfonamides is 1. The normalized spacial score (nSPS) is 15.2. The van der Waals surface area contributed by atoms with E-state index >= 15 is 0 Å². The molecule has 3 rings (SSSR count). The van der Waals surface area contributed by atoms with E-state index in [4.69, 9.17) is 5.11 Å². The van der Waals surface area contributed by atoms with Crippen molar-refractivity contribution in [3.8, 4) is 11.1 Å². The molecule has 0 amide bonds. The maximum atomic E-state index is 12.8. The number of carbonyl (C=O) groups is 1. The molecule has 0 bridgehead atoms. The molecule has 0 saturated heterocycles. The van der Waals surface area contributed by atoms with E-state index in [2.05, 4.69) is 13.8 Å². The number of fused-ring (bicyclic) bond motifs is 3. The minimum atomic E-state index is -3.87. The summed E-state index contributed by atoms with van der Waals surface area (Å²) < 4.78 is 26.5. The van der Waals surface area contributed by atoms with Crippen LogP contribution >= 0.6 is 0 Å². The first kappa shape index (κ1) is 15.6. The average molecular weight is 331 g/mol. The van der Waals surface area contributed by atoms with Crippen LogP contribution < -0.4 is 4.31 Å². The van der Waals surface area contributed by atoms with Crippen molar-refractivity contribution in [1.82, 2.24) is 0 Å². The number of nitrogens with zero attached hydrogens (tertiary/aromatic N) is 1. The summed E-state index contributed by atoms with van der Waals surface area (Å²) in [6.07, 6.45) is 0. The SMILES string of the molecule is CC(C)c1ccc2c(c1)-c1ccccc1S(=O)(=O)N2CC(=O)O. The van der Waals surface area contributed by atoms with Crippen molar-refractivity contribution in [3.63, 3.8) is 0 Å². The molecule has 2 aromatic carbocycles. The Labute approximate surface area is 135 Å². The molecule has 0 radical (unpaired) electrons. The van der Waals surface area contributed by atoms with Gasteiger partial charge in [-0.15, -0.1) is 0 Å². The van der Waals surface area contributed by atoms with E-state index in [1.54, 1.807) is 24.3 Å². The summed E-state index contributed by atoms with van der Waals surface area (Å²) in [5, 5.41) is 9.11. The molecule has 1 aliphatic heterocycles. The van der Waals surface area contributed by atoms with E-state index in [-0.39, 0.29) is 4.90 Å². The summed E-state index contributed by atoms with van der Waals surface area (Å²) in [5.41, 5.74) is 2.86. The maximum absolute atomic E-state index is 12.8. The quantitative estimate of drug-likeness (QED) is 0.938. The first-order chi connectivity index (χ1) is 10.8. The van der Waals surface area contributed by atoms with Gasteiger partial charge in [-0.1, -0.05) is 38.1 Å². The smallest absolute Gasteiger partial charge is 0.324 e. The van der Waals surface area contributed by atoms with Crippen LogP contribution in [0.1, 0.15) is 25.3 Å². The average Bonchev–Trinajstić information content (AvgIpc) is 2.51. The van der Waals surface area contributed by atoms with Gasteiger partial charge in [0.25, 0.3) is 10.0 Å². The van der Waals surface area contributed by atoms with E-state index in [9.17, 15) is 13.2 Å². The van der Waals surface area contributed by atoms with Crippen LogP contribution in [0.2, 0.25) is 0 Å². The molecule has 6 heteroatoms. The second-order valence-corrected chi connectivity index (χ2v) is 7.66. The monoisotopic (exact) mass is 331 g/mol. The Morgan fingerprint density at radius 3 is 2.48 bits per heavy atom. The van der Waals surface area contributed by atoms with Crippen LogP contribution in [0, 0.1) is 0 Å². The lowest BCUT2D eigenvalue weighted by molar-refractivity contribution is -0.135. The molecule has 2 aromatic rings. The van der Waals surface area contributed by atoms with Crippen molar-refractivity contribution in [1.29, 1.82) is 0 Å². The van der Waals surface area contributed by atoms with Crippen molar-refractivity contribution in [2.45, 2.75) is 24.7 Å². The molecule has 0 aromatic heterocycles. The van der Waals surface area contributed by atoms with Gasteiger partial charge < -0.3 is 5.11 Å². The van der Waals surface area contributed by atoms with Gasteiger partial charge >= 0.3 is 5.97 Å². The molecule has 0 fully saturated rings. The molecular formula is C17H17NO4S. The van der Waals surface area contributed by atoms with Crippen LogP contribution in [0.15, 0.2) is 47.4 Å². The Morgan fingerprint density at radius 2 is 1.83 bits per heavy atom. The van der Waals surface area contributed by atoms with Crippen molar-refractivity contribution in [3.05, 3.63) is 48.0 Å². The summed E-state index contributed by atoms with van der Waals surface area (Å²) in [6, 6.07) is 12.2. The molecule has 1 aliphatic rings. The fourth-order valence-corrected chi connectivity index (χ4v) is 4.44. The van der Waals surface area contributed by atoms with E-state index in [0.29, 0.717) is 17.2 Å². The highest BCUT2D eigenvalue weighted by Crippen LogP contribution is 2.43. The zero-order chi connectivity index (χ0) is 16.8. The third kappa shape index (κ3) is 2.49. The summed E-state index contributed by atoms with van der Waals surface area (Å²) in [5.74, 6) is -0.897. The van der Waals surface area contributed by atoms with Crippen molar-refractivity contribution >= 4 is 21.7 Å². The predicted molar refractivity (Wildman–Crippen MR) is 88.1 cm³/mol. The molecular weight excluding hydrogens is 314 g/mol. The Morgan fingerprint density at radius 1 is 1.13 bits per heavy atom. The summed E-state index contributed by atoms with van der Waals surface area (Å²) >= 11 is 0. The first-order valence-corrected chi connectivity index (χ1v) is 8.74. The number of aliphatic carboxylic acids is 1. The van der Waals surface area contributed by atoms with E-state index in [1.165, 1.54) is 6.07 Å². The standard InChI is InChI=1S/C17H17NO4S/c1-11(2)12-7-8-15-14(9-12)13-5-3-4-6-16(13)23(21,22)18(15)10-17(19)20/h3-9,11H,10H2,1-2H3,(H,19,20). The van der Waals surface area contributed by atoms with Crippen molar-refractivity contribution < 1.29 is 18.3 Å². The topological polar surface area (TPSA) is 74.7 Å². The molecule has 1 heterocycles. The second kappa shape index (κ2) is 5.38. The molecule has 0 aliphatic carbocycles. The van der Waals surface area contributed by atoms with Crippen LogP contribution in [-0.4, -0.2) is 26.0 Å². The number of benzene rings is 2. The largest absolute Gasteiger partial charge is 0.480 e. The summed E-state index contributed by atoms with van der Waals surface area (Å²) in [6.45, 7) is 3.52. The van der Waals surface area contributed by atoms with Crippen LogP contribution in [0.4, 0.5) is 5.69 Å². The lowest BCUT2D eigenvalue weighted by atomic mass is 9.95. The predicted octanol–water partition coefficient (Wildman–Crippen LogP) is 3.07. The summed E-state index contributed by atoms with van der Waals surface area (Å²) in [7, 11) is -3.87. The highest BCUT2D eigenvalue weighted by Gasteiger charge is 2.35. The third-order valence-electron chi connectivity index (χ3n) is 3.98. The lowest BCUT2D eigenvalue weighted by Crippen LogP contribution is -2.38. The molecule has 23 heavy (non-hydrogen) atoms. The van der Waals surface area contributed by atoms with Crippen molar-refractivity contribution in [2.24, 2.45) is 0 Å². The zero-order valence-electron chi connectivity index (χ0n) is 12.9. The second-order valence-electron chi connectivity index (χ2n) is 5.83. The molecule has 0 saturated carbocycles. The number of carboxylic acid groups (broad SMARTS) is 1. The van der Waals surface area contributed by atoms with E-state index in [1.807, 2.05) is 12.1 Å². The molecule has 0 atom stereocenters. The van der Waals surface area contributed by atoms with Gasteiger partial charge in [0.05, 0.1) is 10.6 Å². The van der Waals surface area contributed by atoms with E-state index in [0.717, 1.165) is 15.4 Å². The molecule has 0 unspecified atom stereocenters. The number of hydrogen-bond donors (Lipinski definition) is 1. The molecule has 5 nitrogen and oxygen atoms in total. The maximum Gasteiger partial charge on any atom is 0.324 e. The number of hydrogen-bond acceptors (Lipinski definition) is 3. The molecule has 1 N–H and O–H groups in total. The first-order valence-electron chi connectivity index (χ1n) is 7.30. The van der Waals surface area contributed by atoms with E-state index < -0.39 is 22.5 Å². The van der Waals surface area contributed by atoms with Crippen LogP contribution in [0.5, 0.6) is 0 Å². The Bertz CT molecular complexity index is 887. The lowest BCUT2D eigenvalue weighted by Gasteiger charge is -2.31. The molecule has 120 valence electrons. The summed E-state index contributed by atoms with van der Waals surface area (Å²) in [4.78, 5) is 11.3. The Kier molecular flexibility index (Phi) is 3.64. The van der Waals surface area contributed by atoms with Gasteiger partial charge in [0.1, 0.15) is 6.54 Å². The van der Waals surface area contributed by atoms with Gasteiger partial charge in [-0.05, 0) is 29.7 Å². The fourth-order valence-electron chi connectivity index (χ4n) is 2.80. The fraction of sp³-hybridized carbons (Fsp3) is 0.235. The van der Waals surface area contributed by atoms with Gasteiger partial charge in [-0.2, -0.15) is 0 Å². The number of rotatable bonds is 3. The Balaban J connectivity index is 2.32. The van der Waals surface area contributed by atoms with Crippen LogP contribution in [0.25, 0.3) is 11.1 Å². The van der Waals surface area contributed by atoms with Crippen LogP contribution in [-0.2, 0) is 14.8 Å². The zero-order valence-corrected chi connectivity index (χ0v) is 13.7. The minimum Gasteiger partial charge on any atom is -0.480 e. The van der Waals surface area contributed by atoms with Crippen molar-refractivity contribution in [2.75, 3.05) is 10.8 Å². The number of anilines is 1. The Hall–Kier alpha value is -2.34. The highest BCUT2D eigenvalue weighted by molar-refractivity contribution is 7.93. The highest BCUT2D eigenvalue weighted by atomic mass is 32.2. The van der Waals surface area contributed by atoms with Gasteiger partial charge in [0, 0.05) is 11.1 Å². The van der Waals surface area contributed by atoms with Gasteiger partial charge in [-0.25, -0.2) is 8.42 Å². The van der Waals surface area contributed by atoms with Crippen LogP contribution in [0.3, 0.4) is 0 Å². The minimum absolute atomic E-state index is 0.148. The third-order valence-corrected chi connectivity index (χ3v) is 5.80. The van der Waals surface area contributed by atoms with Gasteiger partial charge in [0.2, 0.25) is 0 Å². The molecule has 0 spiro atoms. The number of carboxylic acids is 1. The van der Waals surface area contributed by atoms with Gasteiger partial charge in [0.15, 0.2) is 0 Å². The van der Waals surface area contributed by atoms with Gasteiger partial charge in [-0.3, -0.25) is 9.10 Å².